The molecular weight excluding hydrogens is 312 g/mol. The molecule has 0 aromatic heterocycles. The lowest BCUT2D eigenvalue weighted by molar-refractivity contribution is -0.384. The van der Waals surface area contributed by atoms with Gasteiger partial charge in [0.2, 0.25) is 10.0 Å². The van der Waals surface area contributed by atoms with Gasteiger partial charge in [-0.25, -0.2) is 13.1 Å². The third-order valence-electron chi connectivity index (χ3n) is 2.42. The zero-order valence-corrected chi connectivity index (χ0v) is 11.8. The molecule has 110 valence electrons. The Hall–Kier alpha value is -1.71. The third-order valence-corrected chi connectivity index (χ3v) is 4.32. The molecule has 0 saturated carbocycles. The molecule has 1 aromatic rings. The first-order chi connectivity index (χ1) is 9.15. The number of non-ortho nitro benzene ring substituents is 1. The summed E-state index contributed by atoms with van der Waals surface area (Å²) in [6, 6.07) is 2.91. The summed E-state index contributed by atoms with van der Waals surface area (Å²) >= 11 is 5.70. The van der Waals surface area contributed by atoms with Crippen LogP contribution >= 0.6 is 11.6 Å². The van der Waals surface area contributed by atoms with Crippen LogP contribution < -0.4 is 4.72 Å². The molecule has 8 nitrogen and oxygen atoms in total. The van der Waals surface area contributed by atoms with Gasteiger partial charge in [-0.3, -0.25) is 14.9 Å². The molecule has 1 aromatic carbocycles. The number of nitro benzene ring substituents is 1. The number of benzene rings is 1. The Morgan fingerprint density at radius 1 is 1.55 bits per heavy atom. The Labute approximate surface area is 119 Å². The summed E-state index contributed by atoms with van der Waals surface area (Å²) in [5, 5.41) is 18.9. The molecule has 0 aliphatic carbocycles. The van der Waals surface area contributed by atoms with Crippen LogP contribution in [0.25, 0.3) is 0 Å². The fraction of sp³-hybridized carbons (Fsp3) is 0.300. The molecule has 20 heavy (non-hydrogen) atoms. The van der Waals surface area contributed by atoms with E-state index in [-0.39, 0.29) is 22.2 Å². The van der Waals surface area contributed by atoms with Crippen molar-refractivity contribution in [2.45, 2.75) is 11.8 Å². The Kier molecular flexibility index (Phi) is 5.03. The van der Waals surface area contributed by atoms with Crippen LogP contribution in [0.2, 0.25) is 5.02 Å². The van der Waals surface area contributed by atoms with E-state index in [1.807, 2.05) is 0 Å². The molecule has 0 saturated heterocycles. The lowest BCUT2D eigenvalue weighted by Gasteiger charge is -2.10. The number of carboxylic acids is 1. The van der Waals surface area contributed by atoms with Crippen molar-refractivity contribution in [1.29, 1.82) is 0 Å². The number of rotatable bonds is 6. The topological polar surface area (TPSA) is 127 Å². The Morgan fingerprint density at radius 2 is 2.15 bits per heavy atom. The normalized spacial score (nSPS) is 12.9. The monoisotopic (exact) mass is 322 g/mol. The molecule has 0 aliphatic heterocycles. The van der Waals surface area contributed by atoms with Gasteiger partial charge in [0.15, 0.2) is 0 Å². The van der Waals surface area contributed by atoms with E-state index in [2.05, 4.69) is 4.72 Å². The summed E-state index contributed by atoms with van der Waals surface area (Å²) < 4.78 is 25.9. The van der Waals surface area contributed by atoms with Gasteiger partial charge in [0.25, 0.3) is 5.69 Å². The summed E-state index contributed by atoms with van der Waals surface area (Å²) in [5.41, 5.74) is -0.340. The highest BCUT2D eigenvalue weighted by Crippen LogP contribution is 2.25. The van der Waals surface area contributed by atoms with Gasteiger partial charge in [-0.05, 0) is 6.07 Å². The fourth-order valence-corrected chi connectivity index (χ4v) is 2.89. The van der Waals surface area contributed by atoms with Crippen LogP contribution in [0.15, 0.2) is 23.1 Å². The van der Waals surface area contributed by atoms with Gasteiger partial charge < -0.3 is 5.11 Å². The van der Waals surface area contributed by atoms with Crippen LogP contribution in [0.1, 0.15) is 6.92 Å². The van der Waals surface area contributed by atoms with Crippen molar-refractivity contribution < 1.29 is 23.2 Å². The van der Waals surface area contributed by atoms with E-state index >= 15 is 0 Å². The maximum absolute atomic E-state index is 11.9. The zero-order chi connectivity index (χ0) is 15.5. The van der Waals surface area contributed by atoms with E-state index in [0.29, 0.717) is 0 Å². The van der Waals surface area contributed by atoms with Crippen LogP contribution in [-0.4, -0.2) is 31.0 Å². The molecular formula is C10H11ClN2O6S. The Morgan fingerprint density at radius 3 is 2.60 bits per heavy atom. The van der Waals surface area contributed by atoms with Crippen molar-refractivity contribution in [3.63, 3.8) is 0 Å². The summed E-state index contributed by atoms with van der Waals surface area (Å²) in [5.74, 6) is -2.07. The highest BCUT2D eigenvalue weighted by molar-refractivity contribution is 7.89. The molecule has 10 heteroatoms. The summed E-state index contributed by atoms with van der Waals surface area (Å²) in [6.07, 6.45) is 0. The lowest BCUT2D eigenvalue weighted by atomic mass is 10.2. The zero-order valence-electron chi connectivity index (χ0n) is 10.2. The first-order valence-electron chi connectivity index (χ1n) is 5.31. The van der Waals surface area contributed by atoms with Crippen molar-refractivity contribution in [3.05, 3.63) is 33.3 Å². The summed E-state index contributed by atoms with van der Waals surface area (Å²) in [4.78, 5) is 20.1. The van der Waals surface area contributed by atoms with Gasteiger partial charge in [0, 0.05) is 18.7 Å². The van der Waals surface area contributed by atoms with Gasteiger partial charge >= 0.3 is 5.97 Å². The molecule has 0 fully saturated rings. The second-order valence-electron chi connectivity index (χ2n) is 3.96. The van der Waals surface area contributed by atoms with Crippen LogP contribution in [-0.2, 0) is 14.8 Å². The number of nitro groups is 1. The highest BCUT2D eigenvalue weighted by Gasteiger charge is 2.22. The van der Waals surface area contributed by atoms with Crippen LogP contribution in [0.5, 0.6) is 0 Å². The largest absolute Gasteiger partial charge is 0.481 e. The summed E-state index contributed by atoms with van der Waals surface area (Å²) in [6.45, 7) is 1.02. The van der Waals surface area contributed by atoms with E-state index < -0.39 is 26.8 Å². The molecule has 1 atom stereocenters. The number of carbonyl (C=O) groups is 1. The minimum absolute atomic E-state index is 0.310. The number of nitrogens with zero attached hydrogens (tertiary/aromatic N) is 1. The molecule has 0 heterocycles. The van der Waals surface area contributed by atoms with Crippen LogP contribution in [0.4, 0.5) is 5.69 Å². The smallest absolute Gasteiger partial charge is 0.307 e. The minimum Gasteiger partial charge on any atom is -0.481 e. The van der Waals surface area contributed by atoms with Gasteiger partial charge in [-0.1, -0.05) is 18.5 Å². The number of sulfonamides is 1. The first-order valence-corrected chi connectivity index (χ1v) is 7.17. The van der Waals surface area contributed by atoms with Crippen molar-refractivity contribution in [3.8, 4) is 0 Å². The quantitative estimate of drug-likeness (QED) is 0.599. The van der Waals surface area contributed by atoms with Crippen LogP contribution in [0, 0.1) is 16.0 Å². The van der Waals surface area contributed by atoms with Gasteiger partial charge in [0.1, 0.15) is 4.90 Å². The number of aliphatic carboxylic acids is 1. The summed E-state index contributed by atoms with van der Waals surface area (Å²) in [7, 11) is -4.03. The standard InChI is InChI=1S/C10H11ClN2O6S/c1-6(10(14)15)5-12-20(18,19)9-3-2-7(13(16)17)4-8(9)11/h2-4,6,12H,5H2,1H3,(H,14,15). The predicted octanol–water partition coefficient (Wildman–Crippen LogP) is 1.25. The number of nitrogens with one attached hydrogen (secondary N) is 1. The minimum atomic E-state index is -4.03. The lowest BCUT2D eigenvalue weighted by Crippen LogP contribution is -2.31. The molecule has 0 spiro atoms. The van der Waals surface area contributed by atoms with E-state index in [4.69, 9.17) is 16.7 Å². The second kappa shape index (κ2) is 6.16. The number of halogens is 1. The maximum Gasteiger partial charge on any atom is 0.307 e. The van der Waals surface area contributed by atoms with Crippen molar-refractivity contribution in [2.75, 3.05) is 6.54 Å². The average Bonchev–Trinajstić information content (AvgIpc) is 2.35. The molecule has 2 N–H and O–H groups in total. The van der Waals surface area contributed by atoms with E-state index in [0.717, 1.165) is 18.2 Å². The molecule has 0 aliphatic rings. The SMILES string of the molecule is CC(CNS(=O)(=O)c1ccc([N+](=O)[O-])cc1Cl)C(=O)O. The van der Waals surface area contributed by atoms with Gasteiger partial charge in [-0.2, -0.15) is 0 Å². The van der Waals surface area contributed by atoms with E-state index in [9.17, 15) is 23.3 Å². The third kappa shape index (κ3) is 3.89. The highest BCUT2D eigenvalue weighted by atomic mass is 35.5. The Balaban J connectivity index is 2.99. The molecule has 0 bridgehead atoms. The average molecular weight is 323 g/mol. The fourth-order valence-electron chi connectivity index (χ4n) is 1.22. The second-order valence-corrected chi connectivity index (χ2v) is 6.11. The Bertz CT molecular complexity index is 645. The van der Waals surface area contributed by atoms with Gasteiger partial charge in [0.05, 0.1) is 15.9 Å². The number of hydrogen-bond donors (Lipinski definition) is 2. The van der Waals surface area contributed by atoms with Gasteiger partial charge in [-0.15, -0.1) is 0 Å². The van der Waals surface area contributed by atoms with Crippen LogP contribution in [0.3, 0.4) is 0 Å². The van der Waals surface area contributed by atoms with E-state index in [1.165, 1.54) is 6.92 Å². The molecule has 0 radical (unpaired) electrons. The molecule has 1 unspecified atom stereocenters. The molecule has 1 rings (SSSR count). The predicted molar refractivity (Wildman–Crippen MR) is 70.1 cm³/mol. The molecule has 0 amide bonds. The van der Waals surface area contributed by atoms with Crippen molar-refractivity contribution >= 4 is 33.3 Å². The number of carboxylic acid groups (broad SMARTS) is 1. The van der Waals surface area contributed by atoms with Crippen molar-refractivity contribution in [2.24, 2.45) is 5.92 Å². The van der Waals surface area contributed by atoms with Crippen molar-refractivity contribution in [1.82, 2.24) is 4.72 Å². The first kappa shape index (κ1) is 16.3. The maximum atomic E-state index is 11.9. The number of hydrogen-bond acceptors (Lipinski definition) is 5. The van der Waals surface area contributed by atoms with E-state index in [1.54, 1.807) is 0 Å².